The maximum absolute atomic E-state index is 12.6. The van der Waals surface area contributed by atoms with E-state index >= 15 is 0 Å². The number of carbonyl (C=O) groups excluding carboxylic acids is 2. The van der Waals surface area contributed by atoms with Gasteiger partial charge in [-0.1, -0.05) is 6.07 Å². The van der Waals surface area contributed by atoms with Crippen molar-refractivity contribution in [3.8, 4) is 0 Å². The van der Waals surface area contributed by atoms with E-state index in [1.54, 1.807) is 0 Å². The second kappa shape index (κ2) is 4.76. The molecule has 3 heterocycles. The van der Waals surface area contributed by atoms with E-state index in [0.29, 0.717) is 13.0 Å². The highest BCUT2D eigenvalue weighted by Crippen LogP contribution is 2.30. The smallest absolute Gasteiger partial charge is 0.325 e. The summed E-state index contributed by atoms with van der Waals surface area (Å²) in [6.45, 7) is 2.98. The molecule has 1 aromatic carbocycles. The van der Waals surface area contributed by atoms with Crippen molar-refractivity contribution < 1.29 is 14.3 Å². The molecule has 2 saturated heterocycles. The molecule has 1 N–H and O–H groups in total. The number of amides is 3. The number of aromatic nitrogens is 1. The van der Waals surface area contributed by atoms with Crippen molar-refractivity contribution in [1.29, 1.82) is 0 Å². The molecule has 114 valence electrons. The highest BCUT2D eigenvalue weighted by Gasteiger charge is 2.53. The molecule has 0 bridgehead atoms. The fourth-order valence-electron chi connectivity index (χ4n) is 2.94. The predicted molar refractivity (Wildman–Crippen MR) is 81.6 cm³/mol. The van der Waals surface area contributed by atoms with Crippen molar-refractivity contribution in [1.82, 2.24) is 15.2 Å². The van der Waals surface area contributed by atoms with Gasteiger partial charge in [0.25, 0.3) is 5.91 Å². The number of ether oxygens (including phenoxy) is 1. The number of carbonyl (C=O) groups is 2. The average Bonchev–Trinajstić information content (AvgIpc) is 3.15. The van der Waals surface area contributed by atoms with Crippen LogP contribution in [0.25, 0.3) is 10.2 Å². The van der Waals surface area contributed by atoms with E-state index in [1.165, 1.54) is 16.2 Å². The molecule has 2 aliphatic rings. The summed E-state index contributed by atoms with van der Waals surface area (Å²) < 4.78 is 6.35. The van der Waals surface area contributed by atoms with E-state index in [-0.39, 0.29) is 25.1 Å². The van der Waals surface area contributed by atoms with Gasteiger partial charge in [-0.25, -0.2) is 9.78 Å². The number of nitrogens with zero attached hydrogens (tertiary/aromatic N) is 2. The normalized spacial score (nSPS) is 24.7. The Morgan fingerprint density at radius 1 is 1.45 bits per heavy atom. The molecule has 2 aliphatic heterocycles. The van der Waals surface area contributed by atoms with E-state index in [2.05, 4.69) is 10.3 Å². The van der Waals surface area contributed by atoms with Crippen molar-refractivity contribution in [3.63, 3.8) is 0 Å². The molecule has 0 aliphatic carbocycles. The van der Waals surface area contributed by atoms with Crippen LogP contribution in [0.4, 0.5) is 4.79 Å². The summed E-state index contributed by atoms with van der Waals surface area (Å²) in [6, 6.07) is 5.70. The number of fused-ring (bicyclic) bond motifs is 1. The van der Waals surface area contributed by atoms with Crippen LogP contribution in [0.15, 0.2) is 18.2 Å². The van der Waals surface area contributed by atoms with Crippen LogP contribution in [-0.2, 0) is 16.1 Å². The summed E-state index contributed by atoms with van der Waals surface area (Å²) in [4.78, 5) is 30.5. The first kappa shape index (κ1) is 13.7. The van der Waals surface area contributed by atoms with E-state index in [0.717, 1.165) is 20.8 Å². The van der Waals surface area contributed by atoms with Gasteiger partial charge in [-0.3, -0.25) is 9.69 Å². The molecule has 7 heteroatoms. The van der Waals surface area contributed by atoms with Gasteiger partial charge in [0, 0.05) is 13.0 Å². The fraction of sp³-hybridized carbons (Fsp3) is 0.400. The van der Waals surface area contributed by atoms with Gasteiger partial charge in [0.15, 0.2) is 0 Å². The standard InChI is InChI=1S/C15H15N3O3S/c1-9-2-3-11-10(6-9)16-12(22-11)7-18-13(19)15(17-14(18)20)4-5-21-8-15/h2-3,6H,4-5,7-8H2,1H3,(H,17,20). The van der Waals surface area contributed by atoms with Crippen LogP contribution in [0.1, 0.15) is 17.0 Å². The highest BCUT2D eigenvalue weighted by molar-refractivity contribution is 7.18. The van der Waals surface area contributed by atoms with Gasteiger partial charge in [0.2, 0.25) is 0 Å². The summed E-state index contributed by atoms with van der Waals surface area (Å²) in [5.74, 6) is -0.203. The number of imide groups is 1. The van der Waals surface area contributed by atoms with E-state index in [4.69, 9.17) is 4.74 Å². The Morgan fingerprint density at radius 2 is 2.32 bits per heavy atom. The third kappa shape index (κ3) is 2.00. The summed E-state index contributed by atoms with van der Waals surface area (Å²) in [7, 11) is 0. The second-order valence-electron chi connectivity index (χ2n) is 5.78. The molecular weight excluding hydrogens is 302 g/mol. The SMILES string of the molecule is Cc1ccc2sc(CN3C(=O)NC4(CCOC4)C3=O)nc2c1. The van der Waals surface area contributed by atoms with Crippen LogP contribution < -0.4 is 5.32 Å². The molecule has 3 amide bonds. The molecule has 22 heavy (non-hydrogen) atoms. The summed E-state index contributed by atoms with van der Waals surface area (Å²) in [6.07, 6.45) is 0.535. The Morgan fingerprint density at radius 3 is 3.09 bits per heavy atom. The van der Waals surface area contributed by atoms with Crippen LogP contribution in [0, 0.1) is 6.92 Å². The molecule has 1 aromatic heterocycles. The Bertz CT molecular complexity index is 779. The zero-order valence-corrected chi connectivity index (χ0v) is 12.9. The zero-order valence-electron chi connectivity index (χ0n) is 12.1. The highest BCUT2D eigenvalue weighted by atomic mass is 32.1. The van der Waals surface area contributed by atoms with Crippen molar-refractivity contribution in [2.24, 2.45) is 0 Å². The number of hydrogen-bond acceptors (Lipinski definition) is 5. The number of urea groups is 1. The first-order chi connectivity index (χ1) is 10.6. The van der Waals surface area contributed by atoms with Crippen LogP contribution in [0.3, 0.4) is 0 Å². The Balaban J connectivity index is 1.61. The topological polar surface area (TPSA) is 71.5 Å². The summed E-state index contributed by atoms with van der Waals surface area (Å²) in [5.41, 5.74) is 1.19. The monoisotopic (exact) mass is 317 g/mol. The summed E-state index contributed by atoms with van der Waals surface area (Å²) >= 11 is 1.51. The minimum Gasteiger partial charge on any atom is -0.378 e. The summed E-state index contributed by atoms with van der Waals surface area (Å²) in [5, 5.41) is 3.55. The lowest BCUT2D eigenvalue weighted by atomic mass is 9.99. The maximum atomic E-state index is 12.6. The number of hydrogen-bond donors (Lipinski definition) is 1. The first-order valence-corrected chi connectivity index (χ1v) is 7.97. The Kier molecular flexibility index (Phi) is 2.95. The minimum atomic E-state index is -0.857. The average molecular weight is 317 g/mol. The first-order valence-electron chi connectivity index (χ1n) is 7.15. The number of thiazole rings is 1. The molecule has 0 radical (unpaired) electrons. The molecular formula is C15H15N3O3S. The molecule has 4 rings (SSSR count). The van der Waals surface area contributed by atoms with Gasteiger partial charge in [-0.2, -0.15) is 0 Å². The number of benzene rings is 1. The maximum Gasteiger partial charge on any atom is 0.325 e. The van der Waals surface area contributed by atoms with E-state index in [9.17, 15) is 9.59 Å². The van der Waals surface area contributed by atoms with E-state index < -0.39 is 5.54 Å². The number of nitrogens with one attached hydrogen (secondary N) is 1. The molecule has 6 nitrogen and oxygen atoms in total. The van der Waals surface area contributed by atoms with Gasteiger partial charge < -0.3 is 10.1 Å². The molecule has 2 aromatic rings. The van der Waals surface area contributed by atoms with Crippen molar-refractivity contribution in [3.05, 3.63) is 28.8 Å². The second-order valence-corrected chi connectivity index (χ2v) is 6.90. The predicted octanol–water partition coefficient (Wildman–Crippen LogP) is 1.82. The third-order valence-electron chi connectivity index (χ3n) is 4.15. The molecule has 1 atom stereocenters. The number of rotatable bonds is 2. The van der Waals surface area contributed by atoms with Crippen LogP contribution in [0.5, 0.6) is 0 Å². The number of aryl methyl sites for hydroxylation is 1. The van der Waals surface area contributed by atoms with Crippen LogP contribution in [-0.4, -0.2) is 40.6 Å². The molecule has 2 fully saturated rings. The zero-order chi connectivity index (χ0) is 15.3. The quantitative estimate of drug-likeness (QED) is 0.858. The van der Waals surface area contributed by atoms with Crippen molar-refractivity contribution in [2.75, 3.05) is 13.2 Å². The van der Waals surface area contributed by atoms with Crippen molar-refractivity contribution in [2.45, 2.75) is 25.4 Å². The Labute approximate surface area is 131 Å². The molecule has 0 saturated carbocycles. The fourth-order valence-corrected chi connectivity index (χ4v) is 3.88. The lowest BCUT2D eigenvalue weighted by molar-refractivity contribution is -0.131. The van der Waals surface area contributed by atoms with Gasteiger partial charge in [0.1, 0.15) is 10.5 Å². The van der Waals surface area contributed by atoms with Gasteiger partial charge >= 0.3 is 6.03 Å². The van der Waals surface area contributed by atoms with Crippen molar-refractivity contribution >= 4 is 33.5 Å². The Hall–Kier alpha value is -1.99. The van der Waals surface area contributed by atoms with Crippen LogP contribution >= 0.6 is 11.3 Å². The third-order valence-corrected chi connectivity index (χ3v) is 5.17. The van der Waals surface area contributed by atoms with Crippen LogP contribution in [0.2, 0.25) is 0 Å². The molecule has 1 unspecified atom stereocenters. The lowest BCUT2D eigenvalue weighted by Gasteiger charge is -2.17. The van der Waals surface area contributed by atoms with Gasteiger partial charge in [-0.15, -0.1) is 11.3 Å². The largest absolute Gasteiger partial charge is 0.378 e. The minimum absolute atomic E-state index is 0.203. The lowest BCUT2D eigenvalue weighted by Crippen LogP contribution is -2.47. The van der Waals surface area contributed by atoms with Gasteiger partial charge in [0.05, 0.1) is 23.4 Å². The molecule has 1 spiro atoms. The van der Waals surface area contributed by atoms with E-state index in [1.807, 2.05) is 25.1 Å². The van der Waals surface area contributed by atoms with Gasteiger partial charge in [-0.05, 0) is 24.6 Å².